The zero-order chi connectivity index (χ0) is 26.9. The van der Waals surface area contributed by atoms with E-state index >= 15 is 0 Å². The topological polar surface area (TPSA) is 38.9 Å². The minimum absolute atomic E-state index is 0.893. The van der Waals surface area contributed by atoms with Gasteiger partial charge < -0.3 is 4.42 Å². The smallest absolute Gasteiger partial charge is 0.143 e. The zero-order valence-electron chi connectivity index (χ0n) is 22.0. The lowest BCUT2D eigenvalue weighted by molar-refractivity contribution is 0.670. The molecule has 0 saturated heterocycles. The Hall–Kier alpha value is -5.54. The van der Waals surface area contributed by atoms with Crippen LogP contribution in [0.2, 0.25) is 0 Å². The summed E-state index contributed by atoms with van der Waals surface area (Å²) in [4.78, 5) is 9.70. The highest BCUT2D eigenvalue weighted by Crippen LogP contribution is 2.52. The molecule has 3 heterocycles. The van der Waals surface area contributed by atoms with Gasteiger partial charge in [-0.2, -0.15) is 0 Å². The molecule has 9 rings (SSSR count). The van der Waals surface area contributed by atoms with Crippen LogP contribution in [0.25, 0.3) is 88.6 Å². The second-order valence-corrected chi connectivity index (χ2v) is 10.5. The summed E-state index contributed by atoms with van der Waals surface area (Å²) in [7, 11) is 0. The largest absolute Gasteiger partial charge is 0.455 e. The summed E-state index contributed by atoms with van der Waals surface area (Å²) >= 11 is 0. The molecule has 1 aliphatic carbocycles. The highest BCUT2D eigenvalue weighted by molar-refractivity contribution is 6.14. The molecule has 190 valence electrons. The number of nitrogens with zero attached hydrogens (tertiary/aromatic N) is 2. The third kappa shape index (κ3) is 3.14. The highest BCUT2D eigenvalue weighted by Gasteiger charge is 2.26. The molecule has 0 fully saturated rings. The van der Waals surface area contributed by atoms with E-state index in [4.69, 9.17) is 14.4 Å². The molecule has 0 radical (unpaired) electrons. The lowest BCUT2D eigenvalue weighted by atomic mass is 9.78. The summed E-state index contributed by atoms with van der Waals surface area (Å²) in [5, 5.41) is 2.26. The minimum Gasteiger partial charge on any atom is -0.455 e. The van der Waals surface area contributed by atoms with Crippen molar-refractivity contribution < 1.29 is 4.42 Å². The molecule has 41 heavy (non-hydrogen) atoms. The van der Waals surface area contributed by atoms with Gasteiger partial charge in [-0.1, -0.05) is 103 Å². The molecule has 0 amide bonds. The Labute approximate surface area is 236 Å². The molecule has 1 aliphatic rings. The van der Waals surface area contributed by atoms with E-state index in [1.807, 2.05) is 36.7 Å². The first-order chi connectivity index (χ1) is 20.4. The summed E-state index contributed by atoms with van der Waals surface area (Å²) in [5.41, 5.74) is 15.1. The Morgan fingerprint density at radius 2 is 1.02 bits per heavy atom. The van der Waals surface area contributed by atoms with Crippen LogP contribution in [-0.2, 0) is 0 Å². The van der Waals surface area contributed by atoms with Crippen LogP contribution < -0.4 is 0 Å². The maximum atomic E-state index is 6.53. The molecule has 8 aromatic rings. The number of fused-ring (bicyclic) bond motifs is 13. The quantitative estimate of drug-likeness (QED) is 0.215. The van der Waals surface area contributed by atoms with Crippen LogP contribution >= 0.6 is 0 Å². The Morgan fingerprint density at radius 1 is 0.415 bits per heavy atom. The van der Waals surface area contributed by atoms with Gasteiger partial charge in [-0.05, 0) is 57.1 Å². The van der Waals surface area contributed by atoms with Gasteiger partial charge in [0.1, 0.15) is 11.2 Å². The fraction of sp³-hybridized carbons (Fsp3) is 0. The summed E-state index contributed by atoms with van der Waals surface area (Å²) in [6, 6.07) is 42.7. The van der Waals surface area contributed by atoms with E-state index in [9.17, 15) is 0 Å². The molecule has 3 nitrogen and oxygen atoms in total. The van der Waals surface area contributed by atoms with Crippen LogP contribution in [0.5, 0.6) is 0 Å². The zero-order valence-corrected chi connectivity index (χ0v) is 22.0. The third-order valence-electron chi connectivity index (χ3n) is 8.36. The van der Waals surface area contributed by atoms with Crippen molar-refractivity contribution in [2.24, 2.45) is 0 Å². The van der Waals surface area contributed by atoms with Gasteiger partial charge in [-0.15, -0.1) is 0 Å². The SMILES string of the molecule is c1ccc2c(c1)-c1cnc3cccnc3c1-c1ccccc1-c1cccc(-c3cccc4c3oc3ccccc34)c1-2. The standard InChI is InChI=1S/C38H22N2O/c1-4-14-28-23(10-1)27-15-7-16-29(31-18-8-17-30-25-12-5-6-20-34(25)41-38(30)31)35(27)26-13-3-2-11-24(26)32-22-40-33-19-9-21-39-37(33)36(28)32/h1-22H. The number of aromatic nitrogens is 2. The average Bonchev–Trinajstić information content (AvgIpc) is 3.42. The van der Waals surface area contributed by atoms with Gasteiger partial charge in [-0.25, -0.2) is 0 Å². The van der Waals surface area contributed by atoms with E-state index in [2.05, 4.69) is 97.1 Å². The van der Waals surface area contributed by atoms with Gasteiger partial charge >= 0.3 is 0 Å². The Kier molecular flexibility index (Phi) is 4.61. The molecular formula is C38H22N2O. The van der Waals surface area contributed by atoms with E-state index in [1.165, 1.54) is 22.3 Å². The van der Waals surface area contributed by atoms with Crippen molar-refractivity contribution in [3.05, 3.63) is 134 Å². The van der Waals surface area contributed by atoms with Crippen LogP contribution in [0.15, 0.2) is 138 Å². The second-order valence-electron chi connectivity index (χ2n) is 10.5. The molecule has 0 spiro atoms. The van der Waals surface area contributed by atoms with Gasteiger partial charge in [0.2, 0.25) is 0 Å². The predicted molar refractivity (Wildman–Crippen MR) is 168 cm³/mol. The first-order valence-electron chi connectivity index (χ1n) is 13.8. The second kappa shape index (κ2) is 8.48. The summed E-state index contributed by atoms with van der Waals surface area (Å²) < 4.78 is 6.53. The lowest BCUT2D eigenvalue weighted by Gasteiger charge is -2.25. The summed E-state index contributed by atoms with van der Waals surface area (Å²) in [5.74, 6) is 0. The number of hydrogen-bond donors (Lipinski definition) is 0. The molecule has 5 aromatic carbocycles. The van der Waals surface area contributed by atoms with Crippen LogP contribution in [0.1, 0.15) is 0 Å². The summed E-state index contributed by atoms with van der Waals surface area (Å²) in [6.07, 6.45) is 3.88. The fourth-order valence-corrected chi connectivity index (χ4v) is 6.62. The normalized spacial score (nSPS) is 11.9. The van der Waals surface area contributed by atoms with Gasteiger partial charge in [0.15, 0.2) is 0 Å². The van der Waals surface area contributed by atoms with Crippen LogP contribution in [0.4, 0.5) is 0 Å². The first kappa shape index (κ1) is 22.3. The highest BCUT2D eigenvalue weighted by atomic mass is 16.3. The van der Waals surface area contributed by atoms with Crippen molar-refractivity contribution in [1.29, 1.82) is 0 Å². The molecule has 0 atom stereocenters. The van der Waals surface area contributed by atoms with E-state index in [-0.39, 0.29) is 0 Å². The van der Waals surface area contributed by atoms with Crippen LogP contribution in [0, 0.1) is 0 Å². The van der Waals surface area contributed by atoms with Crippen molar-refractivity contribution in [1.82, 2.24) is 9.97 Å². The predicted octanol–water partition coefficient (Wildman–Crippen LogP) is 10.2. The first-order valence-corrected chi connectivity index (χ1v) is 13.8. The van der Waals surface area contributed by atoms with Crippen molar-refractivity contribution >= 4 is 33.0 Å². The fourth-order valence-electron chi connectivity index (χ4n) is 6.62. The van der Waals surface area contributed by atoms with Gasteiger partial charge in [-0.3, -0.25) is 9.97 Å². The van der Waals surface area contributed by atoms with E-state index in [1.54, 1.807) is 0 Å². The average molecular weight is 523 g/mol. The van der Waals surface area contributed by atoms with Gasteiger partial charge in [0, 0.05) is 39.9 Å². The van der Waals surface area contributed by atoms with Gasteiger partial charge in [0.05, 0.1) is 11.0 Å². The molecule has 0 N–H and O–H groups in total. The molecule has 0 aliphatic heterocycles. The monoisotopic (exact) mass is 522 g/mol. The van der Waals surface area contributed by atoms with Crippen molar-refractivity contribution in [2.45, 2.75) is 0 Å². The number of hydrogen-bond acceptors (Lipinski definition) is 3. The maximum absolute atomic E-state index is 6.53. The number of para-hydroxylation sites is 2. The van der Waals surface area contributed by atoms with Crippen molar-refractivity contribution in [3.63, 3.8) is 0 Å². The Bertz CT molecular complexity index is 2320. The summed E-state index contributed by atoms with van der Waals surface area (Å²) in [6.45, 7) is 0. The van der Waals surface area contributed by atoms with E-state index in [0.717, 1.165) is 66.4 Å². The van der Waals surface area contributed by atoms with Crippen molar-refractivity contribution in [3.8, 4) is 55.6 Å². The molecule has 3 aromatic heterocycles. The Balaban J connectivity index is 1.45. The molecular weight excluding hydrogens is 500 g/mol. The number of rotatable bonds is 1. The third-order valence-corrected chi connectivity index (χ3v) is 8.36. The maximum Gasteiger partial charge on any atom is 0.143 e. The number of pyridine rings is 2. The van der Waals surface area contributed by atoms with E-state index in [0.29, 0.717) is 0 Å². The van der Waals surface area contributed by atoms with Crippen LogP contribution in [0.3, 0.4) is 0 Å². The van der Waals surface area contributed by atoms with E-state index < -0.39 is 0 Å². The Morgan fingerprint density at radius 3 is 1.88 bits per heavy atom. The van der Waals surface area contributed by atoms with Crippen LogP contribution in [-0.4, -0.2) is 9.97 Å². The molecule has 0 saturated carbocycles. The number of benzene rings is 5. The van der Waals surface area contributed by atoms with Gasteiger partial charge in [0.25, 0.3) is 0 Å². The number of furan rings is 1. The molecule has 3 heteroatoms. The lowest BCUT2D eigenvalue weighted by Crippen LogP contribution is -2.00. The molecule has 0 unspecified atom stereocenters. The molecule has 0 bridgehead atoms. The van der Waals surface area contributed by atoms with Crippen molar-refractivity contribution in [2.75, 3.05) is 0 Å². The minimum atomic E-state index is 0.893.